The molecule has 4 heteroatoms. The maximum atomic E-state index is 12.7. The maximum Gasteiger partial charge on any atom is 0.157 e. The van der Waals surface area contributed by atoms with Crippen LogP contribution in [0.15, 0.2) is 18.2 Å². The molecule has 21 heavy (non-hydrogen) atoms. The number of nitrogens with zero attached hydrogens (tertiary/aromatic N) is 1. The second kappa shape index (κ2) is 7.47. The molecule has 0 radical (unpaired) electrons. The largest absolute Gasteiger partial charge is 0.496 e. The number of Topliss-reactive ketones (excluding diaryl/α,β-unsaturated/α-hetero) is 1. The Morgan fingerprint density at radius 2 is 2.00 bits per heavy atom. The van der Waals surface area contributed by atoms with Gasteiger partial charge in [-0.25, -0.2) is 0 Å². The predicted octanol–water partition coefficient (Wildman–Crippen LogP) is 4.50. The Morgan fingerprint density at radius 3 is 2.57 bits per heavy atom. The van der Waals surface area contributed by atoms with Crippen molar-refractivity contribution in [2.75, 3.05) is 7.11 Å². The first-order valence-corrected chi connectivity index (χ1v) is 7.82. The number of nitriles is 1. The normalized spacial score (nSPS) is 17.6. The summed E-state index contributed by atoms with van der Waals surface area (Å²) in [5.74, 6) is -0.240. The minimum Gasteiger partial charge on any atom is -0.496 e. The second-order valence-corrected chi connectivity index (χ2v) is 5.98. The van der Waals surface area contributed by atoms with Gasteiger partial charge in [0, 0.05) is 16.5 Å². The van der Waals surface area contributed by atoms with E-state index in [1.807, 2.05) is 0 Å². The number of methoxy groups -OCH3 is 1. The molecule has 1 saturated carbocycles. The molecule has 0 N–H and O–H groups in total. The summed E-state index contributed by atoms with van der Waals surface area (Å²) in [7, 11) is 1.54. The van der Waals surface area contributed by atoms with Crippen LogP contribution >= 0.6 is 11.6 Å². The molecule has 0 heterocycles. The van der Waals surface area contributed by atoms with Crippen LogP contribution < -0.4 is 4.74 Å². The average molecular weight is 306 g/mol. The summed E-state index contributed by atoms with van der Waals surface area (Å²) in [6.07, 6.45) is 6.28. The fourth-order valence-corrected chi connectivity index (χ4v) is 3.20. The summed E-state index contributed by atoms with van der Waals surface area (Å²) < 4.78 is 5.28. The number of ketones is 1. The third-order valence-corrected chi connectivity index (χ3v) is 4.41. The third-order valence-electron chi connectivity index (χ3n) is 4.17. The lowest BCUT2D eigenvalue weighted by atomic mass is 9.84. The van der Waals surface area contributed by atoms with E-state index in [9.17, 15) is 10.1 Å². The van der Waals surface area contributed by atoms with Crippen molar-refractivity contribution in [2.24, 2.45) is 5.92 Å². The van der Waals surface area contributed by atoms with Crippen LogP contribution in [0, 0.1) is 17.2 Å². The van der Waals surface area contributed by atoms with Crippen molar-refractivity contribution in [3.63, 3.8) is 0 Å². The molecule has 1 fully saturated rings. The van der Waals surface area contributed by atoms with Crippen LogP contribution in [0.4, 0.5) is 0 Å². The molecule has 0 spiro atoms. The second-order valence-electron chi connectivity index (χ2n) is 5.54. The van der Waals surface area contributed by atoms with Crippen molar-refractivity contribution in [3.8, 4) is 11.8 Å². The molecule has 1 aliphatic carbocycles. The standard InChI is InChI=1S/C17H20ClNO2/c1-21-16-9-8-13(18)10-14(16)15(11-19)17(20)12-6-4-2-3-5-7-12/h8-10,12,15H,2-7H2,1H3. The number of benzene rings is 1. The molecule has 1 aromatic carbocycles. The Kier molecular flexibility index (Phi) is 5.64. The molecular weight excluding hydrogens is 286 g/mol. The van der Waals surface area contributed by atoms with E-state index in [1.165, 1.54) is 20.0 Å². The fraction of sp³-hybridized carbons (Fsp3) is 0.529. The molecule has 1 aromatic rings. The number of hydrogen-bond donors (Lipinski definition) is 0. The molecular formula is C17H20ClNO2. The Bertz CT molecular complexity index is 542. The fourth-order valence-electron chi connectivity index (χ4n) is 3.02. The summed E-state index contributed by atoms with van der Waals surface area (Å²) in [4.78, 5) is 12.7. The topological polar surface area (TPSA) is 50.1 Å². The molecule has 0 saturated heterocycles. The quantitative estimate of drug-likeness (QED) is 0.770. The number of rotatable bonds is 4. The molecule has 2 rings (SSSR count). The summed E-state index contributed by atoms with van der Waals surface area (Å²) in [5.41, 5.74) is 0.585. The van der Waals surface area contributed by atoms with Gasteiger partial charge in [-0.15, -0.1) is 0 Å². The first kappa shape index (κ1) is 15.9. The zero-order valence-corrected chi connectivity index (χ0v) is 13.0. The molecule has 1 aliphatic rings. The summed E-state index contributed by atoms with van der Waals surface area (Å²) in [6.45, 7) is 0. The minimum absolute atomic E-state index is 0.0131. The van der Waals surface area contributed by atoms with Gasteiger partial charge >= 0.3 is 0 Å². The van der Waals surface area contributed by atoms with Crippen molar-refractivity contribution in [1.82, 2.24) is 0 Å². The Morgan fingerprint density at radius 1 is 1.33 bits per heavy atom. The number of carbonyl (C=O) groups excluding carboxylic acids is 1. The van der Waals surface area contributed by atoms with Gasteiger partial charge in [0.25, 0.3) is 0 Å². The average Bonchev–Trinajstić information content (AvgIpc) is 2.77. The number of ether oxygens (including phenoxy) is 1. The van der Waals surface area contributed by atoms with Crippen LogP contribution in [-0.4, -0.2) is 12.9 Å². The lowest BCUT2D eigenvalue weighted by Gasteiger charge is -2.18. The third kappa shape index (κ3) is 3.77. The minimum atomic E-state index is -0.790. The monoisotopic (exact) mass is 305 g/mol. The first-order chi connectivity index (χ1) is 10.2. The molecule has 0 aromatic heterocycles. The van der Waals surface area contributed by atoms with Gasteiger partial charge in [-0.1, -0.05) is 37.3 Å². The summed E-state index contributed by atoms with van der Waals surface area (Å²) >= 11 is 6.02. The van der Waals surface area contributed by atoms with Crippen molar-refractivity contribution in [3.05, 3.63) is 28.8 Å². The lowest BCUT2D eigenvalue weighted by Crippen LogP contribution is -2.21. The van der Waals surface area contributed by atoms with E-state index >= 15 is 0 Å². The van der Waals surface area contributed by atoms with E-state index in [0.29, 0.717) is 16.3 Å². The van der Waals surface area contributed by atoms with Crippen LogP contribution in [0.2, 0.25) is 5.02 Å². The molecule has 0 amide bonds. The highest BCUT2D eigenvalue weighted by molar-refractivity contribution is 6.30. The van der Waals surface area contributed by atoms with Gasteiger partial charge in [-0.2, -0.15) is 5.26 Å². The smallest absolute Gasteiger partial charge is 0.157 e. The van der Waals surface area contributed by atoms with E-state index in [-0.39, 0.29) is 11.7 Å². The Labute approximate surface area is 130 Å². The highest BCUT2D eigenvalue weighted by Crippen LogP contribution is 2.34. The van der Waals surface area contributed by atoms with Crippen molar-refractivity contribution >= 4 is 17.4 Å². The van der Waals surface area contributed by atoms with Crippen molar-refractivity contribution in [1.29, 1.82) is 5.26 Å². The van der Waals surface area contributed by atoms with Gasteiger partial charge in [-0.05, 0) is 31.0 Å². The predicted molar refractivity (Wildman–Crippen MR) is 82.6 cm³/mol. The van der Waals surface area contributed by atoms with Crippen LogP contribution in [0.25, 0.3) is 0 Å². The van der Waals surface area contributed by atoms with Gasteiger partial charge in [0.1, 0.15) is 11.7 Å². The van der Waals surface area contributed by atoms with Crippen LogP contribution in [0.3, 0.4) is 0 Å². The van der Waals surface area contributed by atoms with Gasteiger partial charge in [-0.3, -0.25) is 4.79 Å². The number of halogens is 1. The van der Waals surface area contributed by atoms with Crippen molar-refractivity contribution < 1.29 is 9.53 Å². The molecule has 3 nitrogen and oxygen atoms in total. The Hall–Kier alpha value is -1.53. The summed E-state index contributed by atoms with van der Waals surface area (Å²) in [6, 6.07) is 7.23. The Balaban J connectivity index is 2.28. The van der Waals surface area contributed by atoms with Crippen LogP contribution in [0.5, 0.6) is 5.75 Å². The molecule has 1 atom stereocenters. The van der Waals surface area contributed by atoms with Crippen LogP contribution in [0.1, 0.15) is 50.0 Å². The van der Waals surface area contributed by atoms with Crippen molar-refractivity contribution in [2.45, 2.75) is 44.4 Å². The van der Waals surface area contributed by atoms with E-state index < -0.39 is 5.92 Å². The van der Waals surface area contributed by atoms with E-state index in [0.717, 1.165) is 25.7 Å². The lowest BCUT2D eigenvalue weighted by molar-refractivity contribution is -0.123. The molecule has 112 valence electrons. The maximum absolute atomic E-state index is 12.7. The summed E-state index contributed by atoms with van der Waals surface area (Å²) in [5, 5.41) is 10.0. The van der Waals surface area contributed by atoms with Gasteiger partial charge in [0.2, 0.25) is 0 Å². The van der Waals surface area contributed by atoms with E-state index in [1.54, 1.807) is 18.2 Å². The zero-order valence-electron chi connectivity index (χ0n) is 12.3. The first-order valence-electron chi connectivity index (χ1n) is 7.44. The highest BCUT2D eigenvalue weighted by atomic mass is 35.5. The van der Waals surface area contributed by atoms with Gasteiger partial charge in [0.15, 0.2) is 5.78 Å². The molecule has 1 unspecified atom stereocenters. The van der Waals surface area contributed by atoms with E-state index in [2.05, 4.69) is 6.07 Å². The highest BCUT2D eigenvalue weighted by Gasteiger charge is 2.30. The molecule has 0 aliphatic heterocycles. The van der Waals surface area contributed by atoms with Gasteiger partial charge < -0.3 is 4.74 Å². The number of hydrogen-bond acceptors (Lipinski definition) is 3. The number of carbonyl (C=O) groups is 1. The van der Waals surface area contributed by atoms with Crippen LogP contribution in [-0.2, 0) is 4.79 Å². The zero-order chi connectivity index (χ0) is 15.2. The van der Waals surface area contributed by atoms with E-state index in [4.69, 9.17) is 16.3 Å². The SMILES string of the molecule is COc1ccc(Cl)cc1C(C#N)C(=O)C1CCCCCC1. The van der Waals surface area contributed by atoms with Gasteiger partial charge in [0.05, 0.1) is 13.2 Å². The molecule has 0 bridgehead atoms.